The van der Waals surface area contributed by atoms with Gasteiger partial charge in [-0.15, -0.1) is 0 Å². The van der Waals surface area contributed by atoms with Crippen LogP contribution in [0.3, 0.4) is 0 Å². The van der Waals surface area contributed by atoms with E-state index in [1.54, 1.807) is 24.3 Å². The van der Waals surface area contributed by atoms with Crippen LogP contribution in [-0.2, 0) is 0 Å². The van der Waals surface area contributed by atoms with Crippen LogP contribution in [0.5, 0.6) is 0 Å². The van der Waals surface area contributed by atoms with Crippen LogP contribution in [0, 0.1) is 18.3 Å². The normalized spacial score (nSPS) is 9.65. The molecule has 0 unspecified atom stereocenters. The van der Waals surface area contributed by atoms with Crippen LogP contribution in [0.1, 0.15) is 11.1 Å². The molecule has 0 bridgehead atoms. The van der Waals surface area contributed by atoms with Gasteiger partial charge in [0.25, 0.3) is 0 Å². The summed E-state index contributed by atoms with van der Waals surface area (Å²) in [6, 6.07) is 14.0. The molecule has 2 amide bonds. The highest BCUT2D eigenvalue weighted by Gasteiger charge is 2.05. The van der Waals surface area contributed by atoms with E-state index in [-0.39, 0.29) is 6.03 Å². The summed E-state index contributed by atoms with van der Waals surface area (Å²) in [5.74, 6) is 0. The van der Waals surface area contributed by atoms with Crippen molar-refractivity contribution in [1.82, 2.24) is 0 Å². The first-order valence-corrected chi connectivity index (χ1v) is 6.72. The number of hydrogen-bond donors (Lipinski definition) is 2. The van der Waals surface area contributed by atoms with Gasteiger partial charge < -0.3 is 10.6 Å². The van der Waals surface area contributed by atoms with Crippen molar-refractivity contribution >= 4 is 33.3 Å². The lowest BCUT2D eigenvalue weighted by Crippen LogP contribution is -2.19. The number of halogens is 1. The van der Waals surface area contributed by atoms with Crippen LogP contribution in [0.2, 0.25) is 0 Å². The summed E-state index contributed by atoms with van der Waals surface area (Å²) >= 11 is 3.38. The number of benzene rings is 2. The molecule has 2 rings (SSSR count). The molecule has 0 aliphatic carbocycles. The lowest BCUT2D eigenvalue weighted by molar-refractivity contribution is 0.262. The van der Waals surface area contributed by atoms with Crippen molar-refractivity contribution in [3.05, 3.63) is 58.1 Å². The van der Waals surface area contributed by atoms with Gasteiger partial charge in [-0.2, -0.15) is 5.26 Å². The third-order valence-corrected chi connectivity index (χ3v) is 3.20. The van der Waals surface area contributed by atoms with E-state index in [1.165, 1.54) is 0 Å². The summed E-state index contributed by atoms with van der Waals surface area (Å²) in [6.07, 6.45) is 0. The number of nitriles is 1. The second kappa shape index (κ2) is 6.22. The van der Waals surface area contributed by atoms with Crippen LogP contribution in [-0.4, -0.2) is 6.03 Å². The number of rotatable bonds is 2. The van der Waals surface area contributed by atoms with Crippen molar-refractivity contribution in [3.63, 3.8) is 0 Å². The van der Waals surface area contributed by atoms with Crippen LogP contribution >= 0.6 is 15.9 Å². The summed E-state index contributed by atoms with van der Waals surface area (Å²) in [5, 5.41) is 14.2. The van der Waals surface area contributed by atoms with E-state index >= 15 is 0 Å². The molecular formula is C15H12BrN3O. The van der Waals surface area contributed by atoms with Gasteiger partial charge in [0.1, 0.15) is 0 Å². The minimum absolute atomic E-state index is 0.319. The van der Waals surface area contributed by atoms with E-state index in [1.807, 2.05) is 31.2 Å². The molecule has 0 atom stereocenters. The Bertz CT molecular complexity index is 675. The Morgan fingerprint density at radius 2 is 1.85 bits per heavy atom. The Labute approximate surface area is 125 Å². The van der Waals surface area contributed by atoms with Gasteiger partial charge in [-0.25, -0.2) is 4.79 Å². The van der Waals surface area contributed by atoms with E-state index in [4.69, 9.17) is 5.26 Å². The average molecular weight is 330 g/mol. The summed E-state index contributed by atoms with van der Waals surface area (Å²) < 4.78 is 0.966. The third kappa shape index (κ3) is 3.59. The van der Waals surface area contributed by atoms with Gasteiger partial charge in [-0.3, -0.25) is 0 Å². The first-order valence-electron chi connectivity index (χ1n) is 5.93. The number of carbonyl (C=O) groups excluding carboxylic acids is 1. The van der Waals surface area contributed by atoms with Crippen molar-refractivity contribution in [1.29, 1.82) is 5.26 Å². The number of amides is 2. The van der Waals surface area contributed by atoms with Gasteiger partial charge in [0.05, 0.1) is 11.6 Å². The van der Waals surface area contributed by atoms with Gasteiger partial charge in [0.15, 0.2) is 0 Å². The van der Waals surface area contributed by atoms with Crippen molar-refractivity contribution in [3.8, 4) is 6.07 Å². The Kier molecular flexibility index (Phi) is 4.38. The lowest BCUT2D eigenvalue weighted by atomic mass is 10.2. The SMILES string of the molecule is Cc1cc(Br)ccc1NC(=O)Nc1ccc(C#N)cc1. The fraction of sp³-hybridized carbons (Fsp3) is 0.0667. The molecule has 5 heteroatoms. The Morgan fingerprint density at radius 1 is 1.15 bits per heavy atom. The second-order valence-corrected chi connectivity index (χ2v) is 5.14. The number of nitrogens with one attached hydrogen (secondary N) is 2. The molecule has 20 heavy (non-hydrogen) atoms. The summed E-state index contributed by atoms with van der Waals surface area (Å²) in [6.45, 7) is 1.92. The predicted molar refractivity (Wildman–Crippen MR) is 82.7 cm³/mol. The largest absolute Gasteiger partial charge is 0.323 e. The van der Waals surface area contributed by atoms with Crippen LogP contribution < -0.4 is 10.6 Å². The molecule has 0 aromatic heterocycles. The summed E-state index contributed by atoms with van der Waals surface area (Å²) in [5.41, 5.74) is 2.91. The summed E-state index contributed by atoms with van der Waals surface area (Å²) in [7, 11) is 0. The van der Waals surface area contributed by atoms with Crippen molar-refractivity contribution in [2.24, 2.45) is 0 Å². The highest BCUT2D eigenvalue weighted by Crippen LogP contribution is 2.20. The molecule has 0 aliphatic rings. The van der Waals surface area contributed by atoms with Crippen LogP contribution in [0.15, 0.2) is 46.9 Å². The fourth-order valence-corrected chi connectivity index (χ4v) is 2.16. The summed E-state index contributed by atoms with van der Waals surface area (Å²) in [4.78, 5) is 11.9. The van der Waals surface area contributed by atoms with E-state index in [9.17, 15) is 4.79 Å². The average Bonchev–Trinajstić information content (AvgIpc) is 2.43. The molecule has 4 nitrogen and oxygen atoms in total. The Hall–Kier alpha value is -2.32. The molecule has 2 N–H and O–H groups in total. The maximum atomic E-state index is 11.9. The molecule has 100 valence electrons. The Balaban J connectivity index is 2.03. The smallest absolute Gasteiger partial charge is 0.308 e. The second-order valence-electron chi connectivity index (χ2n) is 4.23. The van der Waals surface area contributed by atoms with Gasteiger partial charge in [0, 0.05) is 15.8 Å². The van der Waals surface area contributed by atoms with Crippen molar-refractivity contribution in [2.45, 2.75) is 6.92 Å². The molecular weight excluding hydrogens is 318 g/mol. The monoisotopic (exact) mass is 329 g/mol. The van der Waals surface area contributed by atoms with Crippen LogP contribution in [0.25, 0.3) is 0 Å². The van der Waals surface area contributed by atoms with Gasteiger partial charge >= 0.3 is 6.03 Å². The predicted octanol–water partition coefficient (Wildman–Crippen LogP) is 4.27. The zero-order chi connectivity index (χ0) is 14.5. The number of anilines is 2. The molecule has 0 spiro atoms. The molecule has 0 radical (unpaired) electrons. The number of carbonyl (C=O) groups is 1. The third-order valence-electron chi connectivity index (χ3n) is 2.71. The zero-order valence-corrected chi connectivity index (χ0v) is 12.4. The molecule has 0 saturated carbocycles. The van der Waals surface area contributed by atoms with Gasteiger partial charge in [-0.05, 0) is 55.0 Å². The van der Waals surface area contributed by atoms with E-state index in [2.05, 4.69) is 26.6 Å². The van der Waals surface area contributed by atoms with E-state index in [0.29, 0.717) is 11.3 Å². The molecule has 2 aromatic carbocycles. The maximum Gasteiger partial charge on any atom is 0.323 e. The standard InChI is InChI=1S/C15H12BrN3O/c1-10-8-12(16)4-7-14(10)19-15(20)18-13-5-2-11(9-17)3-6-13/h2-8H,1H3,(H2,18,19,20). The van der Waals surface area contributed by atoms with E-state index in [0.717, 1.165) is 15.7 Å². The highest BCUT2D eigenvalue weighted by molar-refractivity contribution is 9.10. The van der Waals surface area contributed by atoms with Crippen molar-refractivity contribution in [2.75, 3.05) is 10.6 Å². The number of nitrogens with zero attached hydrogens (tertiary/aromatic N) is 1. The van der Waals surface area contributed by atoms with Gasteiger partial charge in [0.2, 0.25) is 0 Å². The zero-order valence-electron chi connectivity index (χ0n) is 10.8. The van der Waals surface area contributed by atoms with Gasteiger partial charge in [-0.1, -0.05) is 15.9 Å². The fourth-order valence-electron chi connectivity index (χ4n) is 1.68. The molecule has 0 fully saturated rings. The number of urea groups is 1. The Morgan fingerprint density at radius 3 is 2.45 bits per heavy atom. The first-order chi connectivity index (χ1) is 9.58. The molecule has 2 aromatic rings. The molecule has 0 saturated heterocycles. The molecule has 0 aliphatic heterocycles. The van der Waals surface area contributed by atoms with Crippen LogP contribution in [0.4, 0.5) is 16.2 Å². The quantitative estimate of drug-likeness (QED) is 0.863. The lowest BCUT2D eigenvalue weighted by Gasteiger charge is -2.10. The highest BCUT2D eigenvalue weighted by atomic mass is 79.9. The molecule has 0 heterocycles. The minimum Gasteiger partial charge on any atom is -0.308 e. The van der Waals surface area contributed by atoms with Crippen molar-refractivity contribution < 1.29 is 4.79 Å². The topological polar surface area (TPSA) is 64.9 Å². The number of hydrogen-bond acceptors (Lipinski definition) is 2. The minimum atomic E-state index is -0.319. The van der Waals surface area contributed by atoms with E-state index < -0.39 is 0 Å². The maximum absolute atomic E-state index is 11.9. The number of aryl methyl sites for hydroxylation is 1. The first kappa shape index (κ1) is 14.1.